The molecule has 2 aliphatic rings. The third-order valence-electron chi connectivity index (χ3n) is 6.78. The molecule has 17 heteroatoms. The first-order chi connectivity index (χ1) is 19.2. The second-order valence-corrected chi connectivity index (χ2v) is 11.1. The number of nitrogens with zero attached hydrogens (tertiary/aromatic N) is 1. The molecule has 2 heterocycles. The first-order valence-corrected chi connectivity index (χ1v) is 13.3. The molecule has 4 rings (SSSR count). The zero-order valence-electron chi connectivity index (χ0n) is 21.0. The molecule has 230 valence electrons. The van der Waals surface area contributed by atoms with Crippen molar-refractivity contribution < 1.29 is 66.0 Å². The van der Waals surface area contributed by atoms with Gasteiger partial charge < -0.3 is 13.8 Å². The van der Waals surface area contributed by atoms with Gasteiger partial charge in [0.25, 0.3) is 0 Å². The lowest BCUT2D eigenvalue weighted by Gasteiger charge is -2.32. The molecule has 0 spiro atoms. The third kappa shape index (κ3) is 6.50. The Balaban J connectivity index is 1.69. The van der Waals surface area contributed by atoms with Gasteiger partial charge in [0.1, 0.15) is 11.6 Å². The van der Waals surface area contributed by atoms with Gasteiger partial charge in [-0.05, 0) is 48.4 Å². The summed E-state index contributed by atoms with van der Waals surface area (Å²) in [4.78, 5) is 13.9. The molecule has 0 radical (unpaired) electrons. The van der Waals surface area contributed by atoms with E-state index in [1.165, 1.54) is 19.1 Å². The Bertz CT molecular complexity index is 1450. The molecule has 0 saturated carbocycles. The Kier molecular flexibility index (Phi) is 8.08. The quantitative estimate of drug-likeness (QED) is 0.207. The van der Waals surface area contributed by atoms with Gasteiger partial charge in [0.05, 0.1) is 23.3 Å². The molecule has 2 aromatic rings. The highest BCUT2D eigenvalue weighted by Crippen LogP contribution is 2.44. The summed E-state index contributed by atoms with van der Waals surface area (Å²) in [5.74, 6) is -3.57. The van der Waals surface area contributed by atoms with Crippen molar-refractivity contribution in [3.63, 3.8) is 0 Å². The number of alkyl halides is 9. The van der Waals surface area contributed by atoms with Crippen LogP contribution in [-0.4, -0.2) is 43.4 Å². The van der Waals surface area contributed by atoms with Crippen molar-refractivity contribution >= 4 is 16.0 Å². The first kappa shape index (κ1) is 31.6. The van der Waals surface area contributed by atoms with Crippen molar-refractivity contribution in [3.05, 3.63) is 82.4 Å². The SMILES string of the molecule is C[C@@H](O[C@H]1CN2C(=O)C=C(OS(=O)(=O)C(F)(F)F)C[C@H]2[C@@H]1c1ccc(F)cc1)c1cc(C(F)(F)F)cc(C(F)(F)F)c1. The maximum Gasteiger partial charge on any atom is 0.534 e. The number of amides is 1. The van der Waals surface area contributed by atoms with Gasteiger partial charge >= 0.3 is 28.0 Å². The number of benzene rings is 2. The molecule has 0 N–H and O–H groups in total. The number of halogens is 10. The Labute approximate surface area is 231 Å². The van der Waals surface area contributed by atoms with Crippen molar-refractivity contribution in [1.29, 1.82) is 0 Å². The van der Waals surface area contributed by atoms with E-state index in [4.69, 9.17) is 4.74 Å². The normalized spacial score (nSPS) is 22.5. The molecular formula is C25H19F10NO5S. The predicted octanol–water partition coefficient (Wildman–Crippen LogP) is 6.46. The molecule has 0 bridgehead atoms. The number of hydrogen-bond donors (Lipinski definition) is 0. The molecule has 0 aliphatic carbocycles. The van der Waals surface area contributed by atoms with Crippen LogP contribution in [0.2, 0.25) is 0 Å². The first-order valence-electron chi connectivity index (χ1n) is 11.9. The van der Waals surface area contributed by atoms with Gasteiger partial charge in [-0.3, -0.25) is 4.79 Å². The number of ether oxygens (including phenoxy) is 1. The highest BCUT2D eigenvalue weighted by Gasteiger charge is 2.52. The van der Waals surface area contributed by atoms with Crippen LogP contribution in [0.4, 0.5) is 43.9 Å². The van der Waals surface area contributed by atoms with Crippen molar-refractivity contribution in [2.45, 2.75) is 55.4 Å². The van der Waals surface area contributed by atoms with Gasteiger partial charge in [0.2, 0.25) is 5.91 Å². The highest BCUT2D eigenvalue weighted by molar-refractivity contribution is 7.87. The maximum atomic E-state index is 13.6. The maximum absolute atomic E-state index is 13.6. The lowest BCUT2D eigenvalue weighted by Crippen LogP contribution is -2.41. The van der Waals surface area contributed by atoms with Crippen LogP contribution < -0.4 is 0 Å². The van der Waals surface area contributed by atoms with Crippen LogP contribution in [0.5, 0.6) is 0 Å². The topological polar surface area (TPSA) is 72.9 Å². The molecule has 42 heavy (non-hydrogen) atoms. The zero-order valence-corrected chi connectivity index (χ0v) is 21.8. The monoisotopic (exact) mass is 635 g/mol. The van der Waals surface area contributed by atoms with Gasteiger partial charge in [0, 0.05) is 31.0 Å². The Morgan fingerprint density at radius 3 is 1.95 bits per heavy atom. The van der Waals surface area contributed by atoms with Crippen molar-refractivity contribution in [3.8, 4) is 0 Å². The summed E-state index contributed by atoms with van der Waals surface area (Å²) in [7, 11) is -6.14. The Hall–Kier alpha value is -3.34. The van der Waals surface area contributed by atoms with Crippen LogP contribution in [-0.2, 0) is 36.2 Å². The van der Waals surface area contributed by atoms with E-state index >= 15 is 0 Å². The Morgan fingerprint density at radius 2 is 1.45 bits per heavy atom. The van der Waals surface area contributed by atoms with E-state index < -0.39 is 92.7 Å². The zero-order chi connectivity index (χ0) is 31.4. The lowest BCUT2D eigenvalue weighted by molar-refractivity contribution is -0.143. The van der Waals surface area contributed by atoms with Crippen LogP contribution in [0.25, 0.3) is 0 Å². The summed E-state index contributed by atoms with van der Waals surface area (Å²) in [5.41, 5.74) is -9.25. The summed E-state index contributed by atoms with van der Waals surface area (Å²) in [6.07, 6.45) is -13.0. The third-order valence-corrected chi connectivity index (χ3v) is 7.78. The van der Waals surface area contributed by atoms with Crippen LogP contribution in [0, 0.1) is 5.82 Å². The molecule has 1 amide bonds. The lowest BCUT2D eigenvalue weighted by atomic mass is 9.86. The minimum atomic E-state index is -6.14. The average Bonchev–Trinajstić information content (AvgIpc) is 3.20. The van der Waals surface area contributed by atoms with Crippen molar-refractivity contribution in [2.75, 3.05) is 6.54 Å². The van der Waals surface area contributed by atoms with Gasteiger partial charge in [-0.25, -0.2) is 4.39 Å². The molecule has 1 fully saturated rings. The van der Waals surface area contributed by atoms with E-state index in [2.05, 4.69) is 4.18 Å². The number of carbonyl (C=O) groups is 1. The fraction of sp³-hybridized carbons (Fsp3) is 0.400. The van der Waals surface area contributed by atoms with Crippen LogP contribution in [0.1, 0.15) is 47.6 Å². The fourth-order valence-corrected chi connectivity index (χ4v) is 5.40. The molecule has 4 atom stereocenters. The fourth-order valence-electron chi connectivity index (χ4n) is 4.91. The Morgan fingerprint density at radius 1 is 0.905 bits per heavy atom. The van der Waals surface area contributed by atoms with Crippen molar-refractivity contribution in [1.82, 2.24) is 4.90 Å². The van der Waals surface area contributed by atoms with E-state index in [0.29, 0.717) is 18.2 Å². The van der Waals surface area contributed by atoms with Gasteiger partial charge in [-0.15, -0.1) is 0 Å². The summed E-state index contributed by atoms with van der Waals surface area (Å²) in [6, 6.07) is 4.24. The second-order valence-electron chi connectivity index (χ2n) is 9.59. The number of carbonyl (C=O) groups excluding carboxylic acids is 1. The van der Waals surface area contributed by atoms with Gasteiger partial charge in [-0.1, -0.05) is 12.1 Å². The summed E-state index contributed by atoms with van der Waals surface area (Å²) in [6.45, 7) is 0.829. The van der Waals surface area contributed by atoms with E-state index in [1.807, 2.05) is 0 Å². The molecule has 1 saturated heterocycles. The smallest absolute Gasteiger partial charge is 0.380 e. The largest absolute Gasteiger partial charge is 0.534 e. The summed E-state index contributed by atoms with van der Waals surface area (Å²) >= 11 is 0. The number of fused-ring (bicyclic) bond motifs is 1. The summed E-state index contributed by atoms with van der Waals surface area (Å²) in [5, 5.41) is 0. The van der Waals surface area contributed by atoms with E-state index in [1.54, 1.807) is 0 Å². The molecule has 0 aromatic heterocycles. The second kappa shape index (κ2) is 10.7. The minimum Gasteiger partial charge on any atom is -0.380 e. The van der Waals surface area contributed by atoms with Crippen LogP contribution in [0.15, 0.2) is 54.3 Å². The van der Waals surface area contributed by atoms with Crippen LogP contribution in [0.3, 0.4) is 0 Å². The number of rotatable bonds is 6. The molecule has 6 nitrogen and oxygen atoms in total. The standard InChI is InChI=1S/C25H19F10NO5S/c1-12(14-6-15(23(27,28)29)8-16(7-14)24(30,31)32)40-20-11-36-19(22(20)13-2-4-17(26)5-3-13)9-18(10-21(36)37)41-42(38,39)25(33,34)35/h2-8,10,12,19-20,22H,9,11H2,1H3/t12-,19+,20+,22+/m1/s1. The molecule has 2 aromatic carbocycles. The van der Waals surface area contributed by atoms with E-state index in [9.17, 15) is 57.1 Å². The highest BCUT2D eigenvalue weighted by atomic mass is 32.2. The van der Waals surface area contributed by atoms with Gasteiger partial charge in [0.15, 0.2) is 0 Å². The van der Waals surface area contributed by atoms with E-state index in [0.717, 1.165) is 17.0 Å². The number of hydrogen-bond acceptors (Lipinski definition) is 5. The molecule has 0 unspecified atom stereocenters. The van der Waals surface area contributed by atoms with Crippen LogP contribution >= 0.6 is 0 Å². The van der Waals surface area contributed by atoms with E-state index in [-0.39, 0.29) is 18.2 Å². The van der Waals surface area contributed by atoms with Gasteiger partial charge in [-0.2, -0.15) is 47.9 Å². The minimum absolute atomic E-state index is 0.0613. The van der Waals surface area contributed by atoms with Crippen molar-refractivity contribution in [2.24, 2.45) is 0 Å². The molecular weight excluding hydrogens is 616 g/mol. The summed E-state index contributed by atoms with van der Waals surface area (Å²) < 4.78 is 166. The average molecular weight is 635 g/mol. The molecule has 2 aliphatic heterocycles. The predicted molar refractivity (Wildman–Crippen MR) is 123 cm³/mol.